The third kappa shape index (κ3) is 1.25. The van der Waals surface area contributed by atoms with Crippen molar-refractivity contribution in [1.82, 2.24) is 4.57 Å². The van der Waals surface area contributed by atoms with Crippen LogP contribution in [0.25, 0.3) is 0 Å². The molecule has 0 fully saturated rings. The molecule has 0 N–H and O–H groups in total. The summed E-state index contributed by atoms with van der Waals surface area (Å²) in [6.07, 6.45) is 4.34. The summed E-state index contributed by atoms with van der Waals surface area (Å²) in [6, 6.07) is 2.21. The van der Waals surface area contributed by atoms with Crippen molar-refractivity contribution in [3.05, 3.63) is 29.4 Å². The minimum atomic E-state index is 1.02. The second kappa shape index (κ2) is 2.90. The van der Waals surface area contributed by atoms with E-state index in [4.69, 9.17) is 0 Å². The van der Waals surface area contributed by atoms with Gasteiger partial charge < -0.3 is 8.87 Å². The highest BCUT2D eigenvalue weighted by Crippen LogP contribution is 2.28. The van der Waals surface area contributed by atoms with E-state index in [1.165, 1.54) is 11.4 Å². The minimum absolute atomic E-state index is 1.02. The van der Waals surface area contributed by atoms with E-state index < -0.39 is 0 Å². The Morgan fingerprint density at radius 1 is 1.50 bits per heavy atom. The van der Waals surface area contributed by atoms with Crippen LogP contribution in [0.2, 0.25) is 0 Å². The number of nitrogens with zero attached hydrogens (tertiary/aromatic N) is 2. The topological polar surface area (TPSA) is 8.17 Å². The standard InChI is InChI=1S/C9H12N2S/c1-8-6-9(7-10(8)2)11-4-3-5-12-11/h3,5-7H,4H2,1-2H3. The lowest BCUT2D eigenvalue weighted by atomic mass is 10.4. The maximum atomic E-state index is 2.27. The zero-order chi connectivity index (χ0) is 8.55. The molecule has 2 rings (SSSR count). The summed E-state index contributed by atoms with van der Waals surface area (Å²) in [5.41, 5.74) is 2.60. The molecule has 0 bridgehead atoms. The molecule has 64 valence electrons. The molecule has 0 saturated carbocycles. The van der Waals surface area contributed by atoms with Gasteiger partial charge in [-0.05, 0) is 30.3 Å². The van der Waals surface area contributed by atoms with Gasteiger partial charge >= 0.3 is 0 Å². The van der Waals surface area contributed by atoms with Gasteiger partial charge in [0.25, 0.3) is 0 Å². The first-order valence-corrected chi connectivity index (χ1v) is 4.83. The Morgan fingerprint density at radius 2 is 2.33 bits per heavy atom. The maximum absolute atomic E-state index is 2.27. The highest BCUT2D eigenvalue weighted by Gasteiger charge is 2.10. The zero-order valence-corrected chi connectivity index (χ0v) is 8.14. The van der Waals surface area contributed by atoms with E-state index in [-0.39, 0.29) is 0 Å². The summed E-state index contributed by atoms with van der Waals surface area (Å²) in [7, 11) is 2.08. The van der Waals surface area contributed by atoms with Gasteiger partial charge in [-0.2, -0.15) is 0 Å². The van der Waals surface area contributed by atoms with Crippen LogP contribution in [0.3, 0.4) is 0 Å². The predicted octanol–water partition coefficient (Wildman–Crippen LogP) is 2.32. The fourth-order valence-corrected chi connectivity index (χ4v) is 1.97. The van der Waals surface area contributed by atoms with Gasteiger partial charge in [0, 0.05) is 25.5 Å². The third-order valence-electron chi connectivity index (χ3n) is 2.08. The van der Waals surface area contributed by atoms with Crippen LogP contribution in [-0.4, -0.2) is 11.1 Å². The van der Waals surface area contributed by atoms with E-state index >= 15 is 0 Å². The predicted molar refractivity (Wildman–Crippen MR) is 54.2 cm³/mol. The molecular formula is C9H12N2S. The van der Waals surface area contributed by atoms with Crippen LogP contribution < -0.4 is 4.31 Å². The highest BCUT2D eigenvalue weighted by molar-refractivity contribution is 8.03. The Bertz CT molecular complexity index is 287. The van der Waals surface area contributed by atoms with Crippen molar-refractivity contribution in [2.75, 3.05) is 10.8 Å². The van der Waals surface area contributed by atoms with Gasteiger partial charge in [0.2, 0.25) is 0 Å². The minimum Gasteiger partial charge on any atom is -0.353 e. The van der Waals surface area contributed by atoms with Crippen molar-refractivity contribution in [2.45, 2.75) is 6.92 Å². The molecule has 12 heavy (non-hydrogen) atoms. The number of aryl methyl sites for hydroxylation is 2. The van der Waals surface area contributed by atoms with Gasteiger partial charge in [-0.1, -0.05) is 6.08 Å². The number of anilines is 1. The number of rotatable bonds is 1. The molecule has 0 spiro atoms. The quantitative estimate of drug-likeness (QED) is 0.613. The van der Waals surface area contributed by atoms with Crippen molar-refractivity contribution < 1.29 is 0 Å². The number of hydrogen-bond donors (Lipinski definition) is 0. The Labute approximate surface area is 77.0 Å². The van der Waals surface area contributed by atoms with Crippen molar-refractivity contribution in [1.29, 1.82) is 0 Å². The molecule has 0 radical (unpaired) electrons. The van der Waals surface area contributed by atoms with E-state index in [9.17, 15) is 0 Å². The van der Waals surface area contributed by atoms with Crippen molar-refractivity contribution in [3.8, 4) is 0 Å². The summed E-state index contributed by atoms with van der Waals surface area (Å²) >= 11 is 1.76. The largest absolute Gasteiger partial charge is 0.353 e. The van der Waals surface area contributed by atoms with Crippen LogP contribution >= 0.6 is 11.9 Å². The smallest absolute Gasteiger partial charge is 0.0655 e. The van der Waals surface area contributed by atoms with E-state index in [0.29, 0.717) is 0 Å². The molecule has 0 saturated heterocycles. The fourth-order valence-electron chi connectivity index (χ4n) is 1.25. The van der Waals surface area contributed by atoms with Crippen LogP contribution in [0.1, 0.15) is 5.69 Å². The summed E-state index contributed by atoms with van der Waals surface area (Å²) in [4.78, 5) is 0. The van der Waals surface area contributed by atoms with Crippen molar-refractivity contribution >= 4 is 17.6 Å². The van der Waals surface area contributed by atoms with Gasteiger partial charge in [-0.25, -0.2) is 0 Å². The molecule has 0 aromatic carbocycles. The molecule has 0 atom stereocenters. The van der Waals surface area contributed by atoms with Crippen LogP contribution in [-0.2, 0) is 7.05 Å². The van der Waals surface area contributed by atoms with E-state index in [1.54, 1.807) is 11.9 Å². The Balaban J connectivity index is 2.23. The number of aromatic nitrogens is 1. The molecule has 1 aromatic heterocycles. The molecule has 2 heterocycles. The van der Waals surface area contributed by atoms with Gasteiger partial charge in [-0.15, -0.1) is 0 Å². The Kier molecular flexibility index (Phi) is 1.89. The fraction of sp³-hybridized carbons (Fsp3) is 0.333. The average molecular weight is 180 g/mol. The van der Waals surface area contributed by atoms with Crippen LogP contribution in [0.4, 0.5) is 5.69 Å². The van der Waals surface area contributed by atoms with E-state index in [0.717, 1.165) is 6.54 Å². The average Bonchev–Trinajstić information content (AvgIpc) is 2.61. The molecule has 0 aliphatic carbocycles. The van der Waals surface area contributed by atoms with Crippen LogP contribution in [0, 0.1) is 6.92 Å². The van der Waals surface area contributed by atoms with Crippen LogP contribution in [0.5, 0.6) is 0 Å². The molecule has 0 unspecified atom stereocenters. The molecule has 1 aromatic rings. The van der Waals surface area contributed by atoms with Gasteiger partial charge in [0.05, 0.1) is 5.69 Å². The summed E-state index contributed by atoms with van der Waals surface area (Å²) in [6.45, 7) is 3.14. The van der Waals surface area contributed by atoms with Crippen LogP contribution in [0.15, 0.2) is 23.7 Å². The van der Waals surface area contributed by atoms with Gasteiger partial charge in [0.1, 0.15) is 0 Å². The lowest BCUT2D eigenvalue weighted by Gasteiger charge is -2.12. The molecule has 0 amide bonds. The van der Waals surface area contributed by atoms with Gasteiger partial charge in [0.15, 0.2) is 0 Å². The Morgan fingerprint density at radius 3 is 2.83 bits per heavy atom. The molecule has 2 nitrogen and oxygen atoms in total. The lowest BCUT2D eigenvalue weighted by Crippen LogP contribution is -2.07. The second-order valence-corrected chi connectivity index (χ2v) is 3.91. The molecule has 1 aliphatic heterocycles. The first-order valence-electron chi connectivity index (χ1n) is 3.99. The van der Waals surface area contributed by atoms with Crippen molar-refractivity contribution in [2.24, 2.45) is 7.05 Å². The summed E-state index contributed by atoms with van der Waals surface area (Å²) in [5, 5.41) is 2.13. The monoisotopic (exact) mass is 180 g/mol. The normalized spacial score (nSPS) is 16.0. The second-order valence-electron chi connectivity index (χ2n) is 2.99. The molecular weight excluding hydrogens is 168 g/mol. The summed E-state index contributed by atoms with van der Waals surface area (Å²) < 4.78 is 4.42. The molecule has 3 heteroatoms. The zero-order valence-electron chi connectivity index (χ0n) is 7.32. The third-order valence-corrected chi connectivity index (χ3v) is 3.01. The Hall–Kier alpha value is -0.830. The van der Waals surface area contributed by atoms with Crippen molar-refractivity contribution in [3.63, 3.8) is 0 Å². The highest BCUT2D eigenvalue weighted by atomic mass is 32.2. The molecule has 1 aliphatic rings. The summed E-state index contributed by atoms with van der Waals surface area (Å²) in [5.74, 6) is 0. The van der Waals surface area contributed by atoms with Gasteiger partial charge in [-0.3, -0.25) is 0 Å². The van der Waals surface area contributed by atoms with E-state index in [2.05, 4.69) is 46.6 Å². The van der Waals surface area contributed by atoms with E-state index in [1.807, 2.05) is 0 Å². The lowest BCUT2D eigenvalue weighted by molar-refractivity contribution is 0.882. The maximum Gasteiger partial charge on any atom is 0.0655 e. The first kappa shape index (κ1) is 7.80. The number of hydrogen-bond acceptors (Lipinski definition) is 2. The first-order chi connectivity index (χ1) is 5.77. The SMILES string of the molecule is Cc1cc(N2CC=CS2)cn1C.